The van der Waals surface area contributed by atoms with Gasteiger partial charge in [0.1, 0.15) is 12.1 Å². The van der Waals surface area contributed by atoms with Crippen LogP contribution < -0.4 is 11.1 Å². The Morgan fingerprint density at radius 2 is 1.05 bits per heavy atom. The highest BCUT2D eigenvalue weighted by Crippen LogP contribution is 2.18. The van der Waals surface area contributed by atoms with Crippen LogP contribution in [0.1, 0.15) is 181 Å². The maximum atomic E-state index is 12.6. The number of amides is 1. The molecule has 0 aliphatic rings. The normalized spacial score (nSPS) is 12.7. The summed E-state index contributed by atoms with van der Waals surface area (Å²) in [6.45, 7) is 4.89. The molecule has 242 valence electrons. The molecule has 0 saturated carbocycles. The topological polar surface area (TPSA) is 119 Å². The first-order chi connectivity index (χ1) is 19.9. The lowest BCUT2D eigenvalue weighted by molar-refractivity contribution is -0.150. The number of carbonyl (C=O) groups is 3. The number of carboxylic acids is 1. The fourth-order valence-corrected chi connectivity index (χ4v) is 5.27. The molecular weight excluding hydrogens is 516 g/mol. The molecule has 0 rings (SSSR count). The van der Waals surface area contributed by atoms with Crippen molar-refractivity contribution in [1.29, 1.82) is 0 Å². The number of hydrogen-bond donors (Lipinski definition) is 3. The molecule has 0 fully saturated rings. The first kappa shape index (κ1) is 39.4. The molecule has 7 nitrogen and oxygen atoms in total. The number of hydrogen-bond acceptors (Lipinski definition) is 5. The third-order valence-corrected chi connectivity index (χ3v) is 7.92. The summed E-state index contributed by atoms with van der Waals surface area (Å²) in [5.74, 6) is -1.26. The molecule has 2 atom stereocenters. The molecule has 0 radical (unpaired) electrons. The Labute approximate surface area is 252 Å². The SMILES string of the molecule is CCCCCCCCCCCCC(=O)OC(CCCCCCCC)CCCCCCC(=O)NC(CCCN)C(=O)O. The minimum Gasteiger partial charge on any atom is -0.480 e. The minimum absolute atomic E-state index is 0.000959. The van der Waals surface area contributed by atoms with Crippen molar-refractivity contribution in [2.45, 2.75) is 193 Å². The van der Waals surface area contributed by atoms with Crippen molar-refractivity contribution in [2.24, 2.45) is 5.73 Å². The van der Waals surface area contributed by atoms with Gasteiger partial charge in [0.05, 0.1) is 0 Å². The van der Waals surface area contributed by atoms with Gasteiger partial charge in [0.25, 0.3) is 0 Å². The van der Waals surface area contributed by atoms with Crippen LogP contribution in [0.15, 0.2) is 0 Å². The first-order valence-electron chi connectivity index (χ1n) is 17.4. The maximum absolute atomic E-state index is 12.6. The lowest BCUT2D eigenvalue weighted by atomic mass is 10.0. The Kier molecular flexibility index (Phi) is 28.7. The second-order valence-electron chi connectivity index (χ2n) is 11.9. The molecule has 0 heterocycles. The Hall–Kier alpha value is -1.63. The van der Waals surface area contributed by atoms with Crippen LogP contribution in [0.3, 0.4) is 0 Å². The molecule has 0 saturated heterocycles. The van der Waals surface area contributed by atoms with E-state index in [1.807, 2.05) is 0 Å². The van der Waals surface area contributed by atoms with E-state index in [2.05, 4.69) is 19.2 Å². The van der Waals surface area contributed by atoms with Crippen molar-refractivity contribution in [1.82, 2.24) is 5.32 Å². The zero-order chi connectivity index (χ0) is 30.4. The number of ether oxygens (including phenoxy) is 1. The second kappa shape index (κ2) is 29.8. The maximum Gasteiger partial charge on any atom is 0.326 e. The summed E-state index contributed by atoms with van der Waals surface area (Å²) in [5.41, 5.74) is 5.46. The predicted molar refractivity (Wildman–Crippen MR) is 170 cm³/mol. The first-order valence-corrected chi connectivity index (χ1v) is 17.4. The highest BCUT2D eigenvalue weighted by molar-refractivity contribution is 5.83. The Bertz CT molecular complexity index is 628. The van der Waals surface area contributed by atoms with E-state index in [1.54, 1.807) is 0 Å². The summed E-state index contributed by atoms with van der Waals surface area (Å²) in [6, 6.07) is -0.858. The van der Waals surface area contributed by atoms with Crippen LogP contribution in [0.4, 0.5) is 0 Å². The van der Waals surface area contributed by atoms with E-state index in [0.717, 1.165) is 57.8 Å². The Balaban J connectivity index is 4.22. The molecule has 0 spiro atoms. The summed E-state index contributed by atoms with van der Waals surface area (Å²) >= 11 is 0. The summed E-state index contributed by atoms with van der Waals surface area (Å²) < 4.78 is 5.94. The summed E-state index contributed by atoms with van der Waals surface area (Å²) in [7, 11) is 0. The van der Waals surface area contributed by atoms with Gasteiger partial charge in [0, 0.05) is 12.8 Å². The van der Waals surface area contributed by atoms with E-state index < -0.39 is 12.0 Å². The molecule has 0 aromatic heterocycles. The van der Waals surface area contributed by atoms with E-state index in [4.69, 9.17) is 10.5 Å². The zero-order valence-corrected chi connectivity index (χ0v) is 26.9. The van der Waals surface area contributed by atoms with Crippen molar-refractivity contribution < 1.29 is 24.2 Å². The van der Waals surface area contributed by atoms with Gasteiger partial charge in [0.2, 0.25) is 5.91 Å². The fourth-order valence-electron chi connectivity index (χ4n) is 5.27. The summed E-state index contributed by atoms with van der Waals surface area (Å²) in [4.78, 5) is 36.0. The number of nitrogens with two attached hydrogens (primary N) is 1. The van der Waals surface area contributed by atoms with Gasteiger partial charge >= 0.3 is 11.9 Å². The molecule has 7 heteroatoms. The third-order valence-electron chi connectivity index (χ3n) is 7.92. The zero-order valence-electron chi connectivity index (χ0n) is 26.9. The fraction of sp³-hybridized carbons (Fsp3) is 0.912. The number of esters is 1. The second-order valence-corrected chi connectivity index (χ2v) is 11.9. The van der Waals surface area contributed by atoms with E-state index >= 15 is 0 Å². The predicted octanol–water partition coefficient (Wildman–Crippen LogP) is 8.61. The van der Waals surface area contributed by atoms with Gasteiger partial charge in [-0.2, -0.15) is 0 Å². The van der Waals surface area contributed by atoms with E-state index in [0.29, 0.717) is 32.2 Å². The van der Waals surface area contributed by atoms with Crippen molar-refractivity contribution in [3.63, 3.8) is 0 Å². The molecule has 0 aliphatic carbocycles. The van der Waals surface area contributed by atoms with Crippen molar-refractivity contribution in [2.75, 3.05) is 6.54 Å². The van der Waals surface area contributed by atoms with Gasteiger partial charge < -0.3 is 20.9 Å². The van der Waals surface area contributed by atoms with E-state index in [9.17, 15) is 19.5 Å². The highest BCUT2D eigenvalue weighted by Gasteiger charge is 2.19. The Morgan fingerprint density at radius 1 is 0.610 bits per heavy atom. The molecule has 41 heavy (non-hydrogen) atoms. The summed E-state index contributed by atoms with van der Waals surface area (Å²) in [6.07, 6.45) is 27.1. The van der Waals surface area contributed by atoms with Crippen LogP contribution in [0.2, 0.25) is 0 Å². The van der Waals surface area contributed by atoms with Crippen LogP contribution >= 0.6 is 0 Å². The van der Waals surface area contributed by atoms with Gasteiger partial charge in [-0.1, -0.05) is 117 Å². The third kappa shape index (κ3) is 27.0. The van der Waals surface area contributed by atoms with Crippen molar-refractivity contribution in [3.05, 3.63) is 0 Å². The molecule has 0 aliphatic heterocycles. The number of carbonyl (C=O) groups excluding carboxylic acids is 2. The molecule has 1 amide bonds. The lowest BCUT2D eigenvalue weighted by Crippen LogP contribution is -2.40. The lowest BCUT2D eigenvalue weighted by Gasteiger charge is -2.18. The van der Waals surface area contributed by atoms with Crippen LogP contribution in [0, 0.1) is 0 Å². The average Bonchev–Trinajstić information content (AvgIpc) is 2.95. The number of rotatable bonds is 31. The highest BCUT2D eigenvalue weighted by atomic mass is 16.5. The molecule has 4 N–H and O–H groups in total. The van der Waals surface area contributed by atoms with E-state index in [-0.39, 0.29) is 18.0 Å². The number of unbranched alkanes of at least 4 members (excludes halogenated alkanes) is 17. The van der Waals surface area contributed by atoms with Crippen molar-refractivity contribution in [3.8, 4) is 0 Å². The molecular formula is C34H66N2O5. The number of nitrogens with one attached hydrogen (secondary N) is 1. The van der Waals surface area contributed by atoms with Gasteiger partial charge in [0.15, 0.2) is 0 Å². The van der Waals surface area contributed by atoms with Gasteiger partial charge in [-0.05, 0) is 57.9 Å². The van der Waals surface area contributed by atoms with Crippen LogP contribution in [0.25, 0.3) is 0 Å². The quantitative estimate of drug-likeness (QED) is 0.0556. The van der Waals surface area contributed by atoms with Gasteiger partial charge in [-0.3, -0.25) is 9.59 Å². The molecule has 0 aromatic carbocycles. The average molecular weight is 583 g/mol. The van der Waals surface area contributed by atoms with Gasteiger partial charge in [-0.25, -0.2) is 4.79 Å². The smallest absolute Gasteiger partial charge is 0.326 e. The van der Waals surface area contributed by atoms with Crippen LogP contribution in [-0.2, 0) is 19.1 Å². The molecule has 0 aromatic rings. The van der Waals surface area contributed by atoms with Gasteiger partial charge in [-0.15, -0.1) is 0 Å². The van der Waals surface area contributed by atoms with Crippen LogP contribution in [0.5, 0.6) is 0 Å². The van der Waals surface area contributed by atoms with Crippen molar-refractivity contribution >= 4 is 17.8 Å². The van der Waals surface area contributed by atoms with E-state index in [1.165, 1.54) is 83.5 Å². The molecule has 2 unspecified atom stereocenters. The van der Waals surface area contributed by atoms with Crippen LogP contribution in [-0.4, -0.2) is 41.6 Å². The number of carboxylic acid groups (broad SMARTS) is 1. The summed E-state index contributed by atoms with van der Waals surface area (Å²) in [5, 5.41) is 11.9. The largest absolute Gasteiger partial charge is 0.480 e. The number of aliphatic carboxylic acids is 1. The molecule has 0 bridgehead atoms. The standard InChI is InChI=1S/C34H66N2O5/c1-3-5-7-9-11-12-13-14-16-22-28-33(38)41-30(24-19-15-10-8-6-4-2)25-20-17-18-21-27-32(37)36-31(34(39)40)26-23-29-35/h30-31H,3-29,35H2,1-2H3,(H,36,37)(H,39,40). The Morgan fingerprint density at radius 3 is 1.51 bits per heavy atom. The monoisotopic (exact) mass is 582 g/mol. The minimum atomic E-state index is -1.01.